The molecular weight excluding hydrogens is 211 g/mol. The van der Waals surface area contributed by atoms with Crippen LogP contribution in [-0.4, -0.2) is 28.7 Å². The molecule has 0 aliphatic rings. The van der Waals surface area contributed by atoms with Gasteiger partial charge in [-0.15, -0.1) is 0 Å². The van der Waals surface area contributed by atoms with Crippen molar-refractivity contribution in [2.45, 2.75) is 25.9 Å². The molecule has 78 valence electrons. The number of carbonyl (C=O) groups is 3. The molecule has 0 aromatic carbocycles. The van der Waals surface area contributed by atoms with E-state index < -0.39 is 32.0 Å². The predicted octanol–water partition coefficient (Wildman–Crippen LogP) is 0.601. The SMILES string of the molecule is C[C@H](OC(=O)CCC(=O)P=O)C(=O)O. The third kappa shape index (κ3) is 5.37. The highest BCUT2D eigenvalue weighted by Gasteiger charge is 2.16. The van der Waals surface area contributed by atoms with Crippen molar-refractivity contribution in [3.63, 3.8) is 0 Å². The van der Waals surface area contributed by atoms with Gasteiger partial charge < -0.3 is 9.84 Å². The Morgan fingerprint density at radius 2 is 1.93 bits per heavy atom. The Bertz CT molecular complexity index is 261. The molecule has 0 saturated carbocycles. The highest BCUT2D eigenvalue weighted by atomic mass is 31.1. The van der Waals surface area contributed by atoms with Gasteiger partial charge in [0.05, 0.1) is 6.42 Å². The van der Waals surface area contributed by atoms with Gasteiger partial charge in [0.25, 0.3) is 0 Å². The molecule has 0 unspecified atom stereocenters. The summed E-state index contributed by atoms with van der Waals surface area (Å²) in [5.74, 6) is -2.05. The summed E-state index contributed by atoms with van der Waals surface area (Å²) in [5, 5.41) is 8.36. The van der Waals surface area contributed by atoms with Crippen LogP contribution in [-0.2, 0) is 23.7 Å². The molecule has 0 radical (unpaired) electrons. The minimum Gasteiger partial charge on any atom is -0.479 e. The van der Waals surface area contributed by atoms with Crippen LogP contribution in [0, 0.1) is 0 Å². The summed E-state index contributed by atoms with van der Waals surface area (Å²) < 4.78 is 14.4. The summed E-state index contributed by atoms with van der Waals surface area (Å²) in [6, 6.07) is 0. The molecule has 0 amide bonds. The zero-order chi connectivity index (χ0) is 11.1. The largest absolute Gasteiger partial charge is 0.479 e. The first-order valence-corrected chi connectivity index (χ1v) is 4.57. The van der Waals surface area contributed by atoms with Crippen LogP contribution in [0.5, 0.6) is 0 Å². The van der Waals surface area contributed by atoms with Crippen molar-refractivity contribution in [1.82, 2.24) is 0 Å². The van der Waals surface area contributed by atoms with Crippen LogP contribution in [0.3, 0.4) is 0 Å². The van der Waals surface area contributed by atoms with Crippen LogP contribution < -0.4 is 0 Å². The quantitative estimate of drug-likeness (QED) is 0.519. The molecule has 0 saturated heterocycles. The molecule has 0 rings (SSSR count). The lowest BCUT2D eigenvalue weighted by Crippen LogP contribution is -2.23. The minimum atomic E-state index is -1.26. The van der Waals surface area contributed by atoms with E-state index in [1.807, 2.05) is 0 Å². The van der Waals surface area contributed by atoms with Gasteiger partial charge in [0, 0.05) is 6.42 Å². The molecule has 0 aromatic rings. The lowest BCUT2D eigenvalue weighted by atomic mass is 10.3. The van der Waals surface area contributed by atoms with Crippen molar-refractivity contribution in [1.29, 1.82) is 0 Å². The van der Waals surface area contributed by atoms with E-state index >= 15 is 0 Å². The summed E-state index contributed by atoms with van der Waals surface area (Å²) in [6.07, 6.45) is -1.70. The highest BCUT2D eigenvalue weighted by Crippen LogP contribution is 2.04. The smallest absolute Gasteiger partial charge is 0.344 e. The van der Waals surface area contributed by atoms with E-state index in [0.29, 0.717) is 0 Å². The second kappa shape index (κ2) is 6.21. The molecule has 0 heterocycles. The van der Waals surface area contributed by atoms with Crippen molar-refractivity contribution in [2.24, 2.45) is 0 Å². The fourth-order valence-electron chi connectivity index (χ4n) is 0.561. The van der Waals surface area contributed by atoms with E-state index in [4.69, 9.17) is 5.11 Å². The molecule has 0 bridgehead atoms. The van der Waals surface area contributed by atoms with Crippen LogP contribution in [0.15, 0.2) is 0 Å². The predicted molar refractivity (Wildman–Crippen MR) is 45.0 cm³/mol. The summed E-state index contributed by atoms with van der Waals surface area (Å²) in [4.78, 5) is 31.6. The van der Waals surface area contributed by atoms with Gasteiger partial charge in [-0.3, -0.25) is 14.2 Å². The standard InChI is InChI=1S/C7H9O6P/c1-4(7(10)11)13-5(8)2-3-6(9)14-12/h4H,2-3H2,1H3,(H,10,11)/t4-/m0/s1. The van der Waals surface area contributed by atoms with E-state index in [2.05, 4.69) is 4.74 Å². The van der Waals surface area contributed by atoms with E-state index in [-0.39, 0.29) is 12.8 Å². The van der Waals surface area contributed by atoms with Gasteiger partial charge in [0.15, 0.2) is 6.10 Å². The Kier molecular flexibility index (Phi) is 5.64. The van der Waals surface area contributed by atoms with Gasteiger partial charge >= 0.3 is 11.9 Å². The summed E-state index contributed by atoms with van der Waals surface area (Å²) in [6.45, 7) is 1.20. The molecule has 0 fully saturated rings. The molecule has 0 spiro atoms. The van der Waals surface area contributed by atoms with Crippen LogP contribution >= 0.6 is 8.46 Å². The number of esters is 1. The molecule has 0 aromatic heterocycles. The average molecular weight is 220 g/mol. The topological polar surface area (TPSA) is 97.7 Å². The zero-order valence-electron chi connectivity index (χ0n) is 7.43. The van der Waals surface area contributed by atoms with Crippen LogP contribution in [0.4, 0.5) is 0 Å². The number of aliphatic carboxylic acids is 1. The first-order chi connectivity index (χ1) is 6.47. The van der Waals surface area contributed by atoms with Crippen LogP contribution in [0.1, 0.15) is 19.8 Å². The normalized spacial score (nSPS) is 12.1. The van der Waals surface area contributed by atoms with E-state index in [1.165, 1.54) is 6.92 Å². The lowest BCUT2D eigenvalue weighted by Gasteiger charge is -2.07. The number of hydrogen-bond donors (Lipinski definition) is 1. The Morgan fingerprint density at radius 1 is 1.36 bits per heavy atom. The van der Waals surface area contributed by atoms with Gasteiger partial charge in [-0.05, 0) is 6.92 Å². The third-order valence-electron chi connectivity index (χ3n) is 1.30. The fraction of sp³-hybridized carbons (Fsp3) is 0.571. The van der Waals surface area contributed by atoms with E-state index in [1.54, 1.807) is 0 Å². The maximum absolute atomic E-state index is 10.8. The Balaban J connectivity index is 3.82. The molecule has 1 atom stereocenters. The molecule has 1 N–H and O–H groups in total. The maximum Gasteiger partial charge on any atom is 0.344 e. The second-order valence-electron chi connectivity index (χ2n) is 2.46. The summed E-state index contributed by atoms with van der Waals surface area (Å²) in [5.41, 5.74) is -0.620. The fourth-order valence-corrected chi connectivity index (χ4v) is 0.764. The van der Waals surface area contributed by atoms with Gasteiger partial charge in [-0.2, -0.15) is 0 Å². The molecule has 0 aliphatic heterocycles. The number of carbonyl (C=O) groups excluding carboxylic acids is 2. The Labute approximate surface area is 81.4 Å². The minimum absolute atomic E-state index is 0.212. The number of ether oxygens (including phenoxy) is 1. The van der Waals surface area contributed by atoms with Crippen molar-refractivity contribution in [2.75, 3.05) is 0 Å². The number of carboxylic acid groups (broad SMARTS) is 1. The molecule has 6 nitrogen and oxygen atoms in total. The van der Waals surface area contributed by atoms with Crippen LogP contribution in [0.2, 0.25) is 0 Å². The highest BCUT2D eigenvalue weighted by molar-refractivity contribution is 7.46. The molecular formula is C7H9O6P. The first kappa shape index (κ1) is 12.7. The zero-order valence-corrected chi connectivity index (χ0v) is 8.32. The second-order valence-corrected chi connectivity index (χ2v) is 3.14. The maximum atomic E-state index is 10.8. The molecule has 0 aliphatic carbocycles. The van der Waals surface area contributed by atoms with Crippen molar-refractivity contribution in [3.05, 3.63) is 0 Å². The number of hydrogen-bond acceptors (Lipinski definition) is 5. The van der Waals surface area contributed by atoms with Gasteiger partial charge in [-0.25, -0.2) is 4.79 Å². The first-order valence-electron chi connectivity index (χ1n) is 3.76. The summed E-state index contributed by atoms with van der Waals surface area (Å²) in [7, 11) is -0.656. The number of rotatable bonds is 6. The average Bonchev–Trinajstić information content (AvgIpc) is 2.13. The van der Waals surface area contributed by atoms with Crippen molar-refractivity contribution < 1.29 is 28.8 Å². The van der Waals surface area contributed by atoms with Crippen LogP contribution in [0.25, 0.3) is 0 Å². The Hall–Kier alpha value is -1.29. The van der Waals surface area contributed by atoms with Gasteiger partial charge in [-0.1, -0.05) is 0 Å². The van der Waals surface area contributed by atoms with Crippen molar-refractivity contribution in [3.8, 4) is 0 Å². The van der Waals surface area contributed by atoms with Crippen molar-refractivity contribution >= 4 is 25.9 Å². The lowest BCUT2D eigenvalue weighted by molar-refractivity contribution is -0.162. The Morgan fingerprint density at radius 3 is 2.36 bits per heavy atom. The van der Waals surface area contributed by atoms with Gasteiger partial charge in [0.2, 0.25) is 14.0 Å². The summed E-state index contributed by atoms with van der Waals surface area (Å²) >= 11 is 0. The van der Waals surface area contributed by atoms with Gasteiger partial charge in [0.1, 0.15) is 0 Å². The monoisotopic (exact) mass is 220 g/mol. The third-order valence-corrected chi connectivity index (χ3v) is 1.73. The van der Waals surface area contributed by atoms with E-state index in [9.17, 15) is 18.9 Å². The van der Waals surface area contributed by atoms with E-state index in [0.717, 1.165) is 0 Å². The molecule has 14 heavy (non-hydrogen) atoms. The number of carboxylic acids is 1. The molecule has 7 heteroatoms.